The highest BCUT2D eigenvalue weighted by molar-refractivity contribution is 5.94. The number of carboxylic acid groups (broad SMARTS) is 1. The van der Waals surface area contributed by atoms with Crippen LogP contribution in [-0.2, 0) is 4.79 Å². The molecule has 0 aliphatic heterocycles. The maximum atomic E-state index is 12.1. The van der Waals surface area contributed by atoms with Crippen molar-refractivity contribution in [3.63, 3.8) is 0 Å². The minimum atomic E-state index is -0.952. The number of carbonyl (C=O) groups excluding carboxylic acids is 1. The molecular weight excluding hydrogens is 270 g/mol. The van der Waals surface area contributed by atoms with Crippen molar-refractivity contribution >= 4 is 11.9 Å². The van der Waals surface area contributed by atoms with Crippen molar-refractivity contribution in [2.75, 3.05) is 13.2 Å². The summed E-state index contributed by atoms with van der Waals surface area (Å²) >= 11 is 0. The number of amides is 1. The lowest BCUT2D eigenvalue weighted by atomic mass is 9.87. The molecule has 0 fully saturated rings. The van der Waals surface area contributed by atoms with E-state index in [1.54, 1.807) is 38.1 Å². The summed E-state index contributed by atoms with van der Waals surface area (Å²) in [6.45, 7) is 6.11. The van der Waals surface area contributed by atoms with Gasteiger partial charge < -0.3 is 15.2 Å². The zero-order chi connectivity index (χ0) is 15.9. The van der Waals surface area contributed by atoms with Crippen LogP contribution in [0.3, 0.4) is 0 Å². The zero-order valence-corrected chi connectivity index (χ0v) is 12.8. The number of hydrogen-bond donors (Lipinski definition) is 2. The molecule has 21 heavy (non-hydrogen) atoms. The number of ether oxygens (including phenoxy) is 1. The van der Waals surface area contributed by atoms with Gasteiger partial charge in [0.2, 0.25) is 0 Å². The first-order chi connectivity index (χ1) is 9.92. The van der Waals surface area contributed by atoms with Crippen molar-refractivity contribution in [3.05, 3.63) is 29.8 Å². The van der Waals surface area contributed by atoms with E-state index in [9.17, 15) is 14.7 Å². The SMILES string of the molecule is CCCOc1cccc(C(=O)NCC(C)(CC)C(=O)O)c1. The average molecular weight is 293 g/mol. The third kappa shape index (κ3) is 4.77. The van der Waals surface area contributed by atoms with Crippen LogP contribution >= 0.6 is 0 Å². The summed E-state index contributed by atoms with van der Waals surface area (Å²) in [5.74, 6) is -0.566. The second-order valence-corrected chi connectivity index (χ2v) is 5.28. The average Bonchev–Trinajstić information content (AvgIpc) is 2.50. The molecule has 1 atom stereocenters. The molecule has 1 aromatic carbocycles. The number of hydrogen-bond acceptors (Lipinski definition) is 3. The van der Waals surface area contributed by atoms with Crippen molar-refractivity contribution in [2.45, 2.75) is 33.6 Å². The maximum absolute atomic E-state index is 12.1. The first kappa shape index (κ1) is 17.0. The van der Waals surface area contributed by atoms with Crippen molar-refractivity contribution < 1.29 is 19.4 Å². The largest absolute Gasteiger partial charge is 0.494 e. The molecule has 1 unspecified atom stereocenters. The smallest absolute Gasteiger partial charge is 0.311 e. The number of carbonyl (C=O) groups is 2. The van der Waals surface area contributed by atoms with Crippen molar-refractivity contribution in [2.24, 2.45) is 5.41 Å². The van der Waals surface area contributed by atoms with E-state index in [-0.39, 0.29) is 12.5 Å². The normalized spacial score (nSPS) is 13.3. The summed E-state index contributed by atoms with van der Waals surface area (Å²) in [4.78, 5) is 23.3. The van der Waals surface area contributed by atoms with E-state index in [1.807, 2.05) is 6.92 Å². The van der Waals surface area contributed by atoms with Gasteiger partial charge in [-0.1, -0.05) is 19.9 Å². The minimum Gasteiger partial charge on any atom is -0.494 e. The van der Waals surface area contributed by atoms with Crippen LogP contribution in [0.5, 0.6) is 5.75 Å². The molecule has 0 spiro atoms. The van der Waals surface area contributed by atoms with Crippen LogP contribution < -0.4 is 10.1 Å². The Hall–Kier alpha value is -2.04. The van der Waals surface area contributed by atoms with Gasteiger partial charge in [-0.15, -0.1) is 0 Å². The molecule has 1 aromatic rings. The second kappa shape index (κ2) is 7.67. The maximum Gasteiger partial charge on any atom is 0.311 e. The summed E-state index contributed by atoms with van der Waals surface area (Å²) in [6, 6.07) is 6.88. The predicted octanol–water partition coefficient (Wildman–Crippen LogP) is 2.71. The second-order valence-electron chi connectivity index (χ2n) is 5.28. The van der Waals surface area contributed by atoms with Gasteiger partial charge in [0.25, 0.3) is 5.91 Å². The molecule has 2 N–H and O–H groups in total. The zero-order valence-electron chi connectivity index (χ0n) is 12.8. The summed E-state index contributed by atoms with van der Waals surface area (Å²) in [7, 11) is 0. The number of nitrogens with one attached hydrogen (secondary N) is 1. The molecule has 1 amide bonds. The van der Waals surface area contributed by atoms with E-state index < -0.39 is 11.4 Å². The van der Waals surface area contributed by atoms with Crippen LogP contribution in [0.1, 0.15) is 44.0 Å². The van der Waals surface area contributed by atoms with Crippen LogP contribution in [-0.4, -0.2) is 30.1 Å². The van der Waals surface area contributed by atoms with Gasteiger partial charge in [-0.05, 0) is 38.0 Å². The summed E-state index contributed by atoms with van der Waals surface area (Å²) in [5, 5.41) is 11.9. The van der Waals surface area contributed by atoms with Gasteiger partial charge in [-0.25, -0.2) is 0 Å². The molecule has 5 nitrogen and oxygen atoms in total. The third-order valence-electron chi connectivity index (χ3n) is 3.50. The van der Waals surface area contributed by atoms with Crippen molar-refractivity contribution in [1.29, 1.82) is 0 Å². The van der Waals surface area contributed by atoms with Gasteiger partial charge in [0, 0.05) is 12.1 Å². The monoisotopic (exact) mass is 293 g/mol. The molecule has 0 aliphatic carbocycles. The summed E-state index contributed by atoms with van der Waals surface area (Å²) in [5.41, 5.74) is -0.487. The van der Waals surface area contributed by atoms with Gasteiger partial charge in [-0.2, -0.15) is 0 Å². The molecule has 116 valence electrons. The van der Waals surface area contributed by atoms with Crippen LogP contribution in [0.25, 0.3) is 0 Å². The molecule has 0 aromatic heterocycles. The Morgan fingerprint density at radius 3 is 2.62 bits per heavy atom. The van der Waals surface area contributed by atoms with Crippen molar-refractivity contribution in [1.82, 2.24) is 5.32 Å². The third-order valence-corrected chi connectivity index (χ3v) is 3.50. The quantitative estimate of drug-likeness (QED) is 0.772. The molecule has 0 heterocycles. The van der Waals surface area contributed by atoms with E-state index in [4.69, 9.17) is 4.74 Å². The topological polar surface area (TPSA) is 75.6 Å². The highest BCUT2D eigenvalue weighted by atomic mass is 16.5. The van der Waals surface area contributed by atoms with E-state index in [0.717, 1.165) is 6.42 Å². The number of benzene rings is 1. The highest BCUT2D eigenvalue weighted by Gasteiger charge is 2.31. The van der Waals surface area contributed by atoms with E-state index in [0.29, 0.717) is 24.3 Å². The minimum absolute atomic E-state index is 0.0950. The lowest BCUT2D eigenvalue weighted by molar-refractivity contribution is -0.147. The van der Waals surface area contributed by atoms with Crippen LogP contribution in [0.15, 0.2) is 24.3 Å². The molecule has 5 heteroatoms. The van der Waals surface area contributed by atoms with Gasteiger partial charge in [-0.3, -0.25) is 9.59 Å². The first-order valence-electron chi connectivity index (χ1n) is 7.17. The number of carboxylic acids is 1. The van der Waals surface area contributed by atoms with E-state index in [2.05, 4.69) is 5.32 Å². The summed E-state index contributed by atoms with van der Waals surface area (Å²) in [6.07, 6.45) is 1.34. The van der Waals surface area contributed by atoms with Gasteiger partial charge in [0.05, 0.1) is 12.0 Å². The molecular formula is C16H23NO4. The van der Waals surface area contributed by atoms with E-state index in [1.165, 1.54) is 0 Å². The molecule has 1 rings (SSSR count). The fraction of sp³-hybridized carbons (Fsp3) is 0.500. The first-order valence-corrected chi connectivity index (χ1v) is 7.17. The Labute approximate surface area is 125 Å². The number of aliphatic carboxylic acids is 1. The molecule has 0 bridgehead atoms. The molecule has 0 aliphatic rings. The lowest BCUT2D eigenvalue weighted by Crippen LogP contribution is -2.40. The molecule has 0 saturated carbocycles. The van der Waals surface area contributed by atoms with Gasteiger partial charge in [0.1, 0.15) is 5.75 Å². The highest BCUT2D eigenvalue weighted by Crippen LogP contribution is 2.20. The molecule has 0 saturated heterocycles. The Balaban J connectivity index is 2.69. The Morgan fingerprint density at radius 2 is 2.05 bits per heavy atom. The fourth-order valence-corrected chi connectivity index (χ4v) is 1.68. The van der Waals surface area contributed by atoms with Crippen LogP contribution in [0.4, 0.5) is 0 Å². The standard InChI is InChI=1S/C16H23NO4/c1-4-9-21-13-8-6-7-12(10-13)14(18)17-11-16(3,5-2)15(19)20/h6-8,10H,4-5,9,11H2,1-3H3,(H,17,18)(H,19,20). The Kier molecular flexibility index (Phi) is 6.21. The Bertz CT molecular complexity index is 501. The molecule has 0 radical (unpaired) electrons. The van der Waals surface area contributed by atoms with Gasteiger partial charge in [0.15, 0.2) is 0 Å². The fourth-order valence-electron chi connectivity index (χ4n) is 1.68. The van der Waals surface area contributed by atoms with E-state index >= 15 is 0 Å². The van der Waals surface area contributed by atoms with Crippen LogP contribution in [0.2, 0.25) is 0 Å². The van der Waals surface area contributed by atoms with Crippen LogP contribution in [0, 0.1) is 5.41 Å². The lowest BCUT2D eigenvalue weighted by Gasteiger charge is -2.23. The van der Waals surface area contributed by atoms with Crippen molar-refractivity contribution in [3.8, 4) is 5.75 Å². The summed E-state index contributed by atoms with van der Waals surface area (Å²) < 4.78 is 5.48. The predicted molar refractivity (Wildman–Crippen MR) is 80.6 cm³/mol. The Morgan fingerprint density at radius 1 is 1.33 bits per heavy atom. The van der Waals surface area contributed by atoms with Gasteiger partial charge >= 0.3 is 5.97 Å². The number of rotatable bonds is 8.